The van der Waals surface area contributed by atoms with Gasteiger partial charge in [-0.15, -0.1) is 0 Å². The quantitative estimate of drug-likeness (QED) is 0.929. The Kier molecular flexibility index (Phi) is 4.09. The number of carbonyl (C=O) groups is 1. The summed E-state index contributed by atoms with van der Waals surface area (Å²) in [5, 5.41) is 10.1. The fourth-order valence-corrected chi connectivity index (χ4v) is 3.68. The van der Waals surface area contributed by atoms with Crippen LogP contribution in [0.4, 0.5) is 0 Å². The summed E-state index contributed by atoms with van der Waals surface area (Å²) in [6, 6.07) is 6.23. The first-order valence-corrected chi connectivity index (χ1v) is 8.12. The van der Waals surface area contributed by atoms with E-state index in [0.29, 0.717) is 19.3 Å². The lowest BCUT2D eigenvalue weighted by Crippen LogP contribution is -2.32. The molecule has 0 spiro atoms. The summed E-state index contributed by atoms with van der Waals surface area (Å²) >= 11 is 0. The van der Waals surface area contributed by atoms with Crippen molar-refractivity contribution in [2.24, 2.45) is 5.41 Å². The molecule has 2 aliphatic carbocycles. The lowest BCUT2D eigenvalue weighted by Gasteiger charge is -2.26. The van der Waals surface area contributed by atoms with Crippen LogP contribution in [0.5, 0.6) is 5.75 Å². The van der Waals surface area contributed by atoms with Crippen molar-refractivity contribution in [2.75, 3.05) is 7.11 Å². The Bertz CT molecular complexity index is 617. The van der Waals surface area contributed by atoms with Crippen molar-refractivity contribution < 1.29 is 14.6 Å². The molecule has 0 aliphatic heterocycles. The molecule has 1 saturated carbocycles. The van der Waals surface area contributed by atoms with Crippen molar-refractivity contribution in [1.82, 2.24) is 0 Å². The smallest absolute Gasteiger partial charge is 0.141 e. The predicted octanol–water partition coefficient (Wildman–Crippen LogP) is 3.54. The zero-order chi connectivity index (χ0) is 15.7. The molecule has 1 aromatic rings. The number of fused-ring (bicyclic) bond motifs is 1. The molecule has 0 saturated heterocycles. The number of aliphatic hydroxyl groups excluding tert-OH is 1. The summed E-state index contributed by atoms with van der Waals surface area (Å²) in [5.41, 5.74) is 3.30. The molecule has 0 heterocycles. The molecule has 2 aliphatic rings. The fraction of sp³-hybridized carbons (Fsp3) is 0.526. The van der Waals surface area contributed by atoms with Crippen molar-refractivity contribution >= 4 is 11.4 Å². The van der Waals surface area contributed by atoms with Gasteiger partial charge in [0.2, 0.25) is 0 Å². The lowest BCUT2D eigenvalue weighted by atomic mass is 9.79. The Morgan fingerprint density at radius 2 is 2.18 bits per heavy atom. The number of aryl methyl sites for hydroxylation is 1. The van der Waals surface area contributed by atoms with Crippen LogP contribution in [0.3, 0.4) is 0 Å². The zero-order valence-corrected chi connectivity index (χ0v) is 13.4. The van der Waals surface area contributed by atoms with E-state index in [0.717, 1.165) is 25.0 Å². The van der Waals surface area contributed by atoms with Gasteiger partial charge < -0.3 is 9.84 Å². The van der Waals surface area contributed by atoms with E-state index >= 15 is 0 Å². The fourth-order valence-electron chi connectivity index (χ4n) is 3.68. The second-order valence-electron chi connectivity index (χ2n) is 6.71. The van der Waals surface area contributed by atoms with Crippen LogP contribution in [0.2, 0.25) is 0 Å². The highest BCUT2D eigenvalue weighted by Gasteiger charge is 2.44. The molecule has 1 aromatic carbocycles. The van der Waals surface area contributed by atoms with Gasteiger partial charge in [0, 0.05) is 6.42 Å². The Hall–Kier alpha value is -1.61. The molecule has 22 heavy (non-hydrogen) atoms. The highest BCUT2D eigenvalue weighted by Crippen LogP contribution is 2.40. The van der Waals surface area contributed by atoms with Crippen LogP contribution in [0.1, 0.15) is 50.2 Å². The van der Waals surface area contributed by atoms with E-state index < -0.39 is 11.5 Å². The monoisotopic (exact) mass is 300 g/mol. The van der Waals surface area contributed by atoms with Gasteiger partial charge in [-0.3, -0.25) is 4.79 Å². The van der Waals surface area contributed by atoms with Crippen molar-refractivity contribution in [3.63, 3.8) is 0 Å². The number of allylic oxidation sites excluding steroid dienone is 2. The third-order valence-corrected chi connectivity index (χ3v) is 5.34. The first-order chi connectivity index (χ1) is 10.5. The van der Waals surface area contributed by atoms with Crippen molar-refractivity contribution in [2.45, 2.75) is 51.6 Å². The van der Waals surface area contributed by atoms with Crippen molar-refractivity contribution in [3.8, 4) is 5.75 Å². The second-order valence-corrected chi connectivity index (χ2v) is 6.71. The van der Waals surface area contributed by atoms with Gasteiger partial charge in [-0.2, -0.15) is 0 Å². The molecule has 1 N–H and O–H groups in total. The van der Waals surface area contributed by atoms with Crippen LogP contribution in [-0.4, -0.2) is 24.1 Å². The van der Waals surface area contributed by atoms with Gasteiger partial charge in [0.25, 0.3) is 0 Å². The van der Waals surface area contributed by atoms with Gasteiger partial charge in [-0.1, -0.05) is 12.1 Å². The summed E-state index contributed by atoms with van der Waals surface area (Å²) in [4.78, 5) is 12.1. The van der Waals surface area contributed by atoms with Gasteiger partial charge in [-0.05, 0) is 67.9 Å². The summed E-state index contributed by atoms with van der Waals surface area (Å²) in [6.45, 7) is 1.90. The molecule has 0 radical (unpaired) electrons. The predicted molar refractivity (Wildman–Crippen MR) is 86.9 cm³/mol. The standard InChI is InChI=1S/C19H24O3/c1-19(17(20)8-9-18(19)21)11-10-13-4-3-5-14-12-15(22-2)6-7-16(13)14/h6-7,10,12,17,20H,3-5,8-9,11H2,1-2H3/t17-,19-/m1/s1. The lowest BCUT2D eigenvalue weighted by molar-refractivity contribution is -0.127. The van der Waals surface area contributed by atoms with E-state index in [4.69, 9.17) is 4.74 Å². The molecule has 1 fully saturated rings. The number of methoxy groups -OCH3 is 1. The number of ether oxygens (including phenoxy) is 1. The van der Waals surface area contributed by atoms with Gasteiger partial charge >= 0.3 is 0 Å². The number of hydrogen-bond acceptors (Lipinski definition) is 3. The van der Waals surface area contributed by atoms with Crippen LogP contribution in [0.25, 0.3) is 5.57 Å². The van der Waals surface area contributed by atoms with Gasteiger partial charge in [0.05, 0.1) is 18.6 Å². The molecule has 3 heteroatoms. The number of hydrogen-bond donors (Lipinski definition) is 1. The third-order valence-electron chi connectivity index (χ3n) is 5.34. The molecular weight excluding hydrogens is 276 g/mol. The number of carbonyl (C=O) groups excluding carboxylic acids is 1. The van der Waals surface area contributed by atoms with Crippen LogP contribution >= 0.6 is 0 Å². The average Bonchev–Trinajstić information content (AvgIpc) is 2.80. The summed E-state index contributed by atoms with van der Waals surface area (Å²) in [7, 11) is 1.69. The normalized spacial score (nSPS) is 29.7. The van der Waals surface area contributed by atoms with Crippen LogP contribution in [0, 0.1) is 5.41 Å². The number of aliphatic hydroxyl groups is 1. The Labute approximate surface area is 132 Å². The Morgan fingerprint density at radius 3 is 2.86 bits per heavy atom. The number of ketones is 1. The third kappa shape index (κ3) is 2.58. The molecule has 0 aromatic heterocycles. The average molecular weight is 300 g/mol. The highest BCUT2D eigenvalue weighted by molar-refractivity contribution is 5.88. The van der Waals surface area contributed by atoms with E-state index in [9.17, 15) is 9.90 Å². The first kappa shape index (κ1) is 15.3. The Morgan fingerprint density at radius 1 is 1.36 bits per heavy atom. The Balaban J connectivity index is 1.86. The molecule has 0 unspecified atom stereocenters. The number of benzene rings is 1. The molecule has 118 valence electrons. The molecule has 3 rings (SSSR count). The van der Waals surface area contributed by atoms with Gasteiger partial charge in [0.1, 0.15) is 11.5 Å². The van der Waals surface area contributed by atoms with Gasteiger partial charge in [-0.25, -0.2) is 0 Å². The maximum absolute atomic E-state index is 12.1. The molecule has 3 nitrogen and oxygen atoms in total. The zero-order valence-electron chi connectivity index (χ0n) is 13.4. The second kappa shape index (κ2) is 5.88. The first-order valence-electron chi connectivity index (χ1n) is 8.12. The minimum atomic E-state index is -0.600. The van der Waals surface area contributed by atoms with E-state index in [1.165, 1.54) is 16.7 Å². The molecule has 0 bridgehead atoms. The maximum Gasteiger partial charge on any atom is 0.141 e. The molecule has 2 atom stereocenters. The van der Waals surface area contributed by atoms with E-state index in [-0.39, 0.29) is 5.78 Å². The van der Waals surface area contributed by atoms with Crippen LogP contribution < -0.4 is 4.74 Å². The molecule has 0 amide bonds. The number of Topliss-reactive ketones (excluding diaryl/α,β-unsaturated/α-hetero) is 1. The topological polar surface area (TPSA) is 46.5 Å². The molecular formula is C19H24O3. The SMILES string of the molecule is COc1ccc2c(c1)CCCC2=CC[C@@]1(C)C(=O)CC[C@H]1O. The minimum Gasteiger partial charge on any atom is -0.497 e. The summed E-state index contributed by atoms with van der Waals surface area (Å²) < 4.78 is 5.30. The van der Waals surface area contributed by atoms with Crippen molar-refractivity contribution in [3.05, 3.63) is 35.4 Å². The van der Waals surface area contributed by atoms with E-state index in [1.54, 1.807) is 7.11 Å². The van der Waals surface area contributed by atoms with Crippen LogP contribution in [0.15, 0.2) is 24.3 Å². The van der Waals surface area contributed by atoms with E-state index in [2.05, 4.69) is 18.2 Å². The maximum atomic E-state index is 12.1. The highest BCUT2D eigenvalue weighted by atomic mass is 16.5. The minimum absolute atomic E-state index is 0.197. The van der Waals surface area contributed by atoms with Gasteiger partial charge in [0.15, 0.2) is 0 Å². The van der Waals surface area contributed by atoms with E-state index in [1.807, 2.05) is 13.0 Å². The summed E-state index contributed by atoms with van der Waals surface area (Å²) in [6.07, 6.45) is 6.66. The number of rotatable bonds is 3. The largest absolute Gasteiger partial charge is 0.497 e. The van der Waals surface area contributed by atoms with Crippen LogP contribution in [-0.2, 0) is 11.2 Å². The summed E-state index contributed by atoms with van der Waals surface area (Å²) in [5.74, 6) is 1.09. The van der Waals surface area contributed by atoms with Crippen molar-refractivity contribution in [1.29, 1.82) is 0 Å².